The highest BCUT2D eigenvalue weighted by atomic mass is 19.1. The zero-order valence-corrected chi connectivity index (χ0v) is 43.4. The summed E-state index contributed by atoms with van der Waals surface area (Å²) in [6.07, 6.45) is 6.32. The number of anilines is 2. The van der Waals surface area contributed by atoms with Crippen LogP contribution in [-0.4, -0.2) is 164 Å². The first kappa shape index (κ1) is 56.0. The second kappa shape index (κ2) is 29.4. The van der Waals surface area contributed by atoms with Gasteiger partial charge in [0, 0.05) is 81.5 Å². The average molecular weight is 1020 g/mol. The number of nitrogens with zero attached hydrogens (tertiary/aromatic N) is 4. The Kier molecular flexibility index (Phi) is 22.2. The lowest BCUT2D eigenvalue weighted by Crippen LogP contribution is -2.59. The Morgan fingerprint density at radius 1 is 0.797 bits per heavy atom. The van der Waals surface area contributed by atoms with Gasteiger partial charge in [-0.05, 0) is 89.7 Å². The van der Waals surface area contributed by atoms with E-state index in [4.69, 9.17) is 38.1 Å². The van der Waals surface area contributed by atoms with Crippen LogP contribution in [0.3, 0.4) is 0 Å². The number of piperazine rings is 1. The van der Waals surface area contributed by atoms with E-state index in [-0.39, 0.29) is 29.1 Å². The normalized spacial score (nSPS) is 16.7. The van der Waals surface area contributed by atoms with Gasteiger partial charge in [0.25, 0.3) is 0 Å². The molecule has 0 radical (unpaired) electrons. The smallest absolute Gasteiger partial charge is 0.241 e. The van der Waals surface area contributed by atoms with Crippen LogP contribution in [0.5, 0.6) is 5.75 Å². The summed E-state index contributed by atoms with van der Waals surface area (Å²) >= 11 is 0. The molecule has 3 N–H and O–H groups in total. The van der Waals surface area contributed by atoms with Gasteiger partial charge in [0.15, 0.2) is 0 Å². The number of halogens is 1. The van der Waals surface area contributed by atoms with Crippen LogP contribution in [-0.2, 0) is 56.3 Å². The van der Waals surface area contributed by atoms with Gasteiger partial charge in [-0.15, -0.1) is 0 Å². The zero-order chi connectivity index (χ0) is 52.0. The molecule has 3 aromatic carbocycles. The monoisotopic (exact) mass is 1020 g/mol. The predicted octanol–water partition coefficient (Wildman–Crippen LogP) is 6.11. The van der Waals surface area contributed by atoms with Gasteiger partial charge >= 0.3 is 0 Å². The standard InChI is InChI=1S/C57H74FN7O9/c1-42-38-64(50(37-61-42)40-68-4)39-54(66)65-41-57(2,3)55-52(65)35-44(36-62-55)32-47-9-5-6-11-53(47)74-31-30-73-29-28-72-27-26-71-25-24-70-23-22-69-21-20-60-51(34-43-8-7-10-48(58)33-43)56(67)63-49-14-12-45(13-15-49)46-16-18-59-19-17-46/h5-19,33,35-36,42,50-51,60-61H,20-32,34,37-41H2,1-4H3,(H,63,67)/t42-,50-,51-/m1/s1. The molecule has 2 amide bonds. The molecular formula is C57H74FN7O9. The van der Waals surface area contributed by atoms with Gasteiger partial charge in [-0.2, -0.15) is 0 Å². The number of nitrogens with one attached hydrogen (secondary N) is 3. The van der Waals surface area contributed by atoms with Gasteiger partial charge in [0.2, 0.25) is 11.8 Å². The summed E-state index contributed by atoms with van der Waals surface area (Å²) in [7, 11) is 1.71. The first-order chi connectivity index (χ1) is 36.1. The van der Waals surface area contributed by atoms with Crippen LogP contribution in [0.4, 0.5) is 15.8 Å². The number of hydrogen-bond acceptors (Lipinski definition) is 14. The number of hydrogen-bond donors (Lipinski definition) is 3. The summed E-state index contributed by atoms with van der Waals surface area (Å²) in [6, 6.07) is 27.7. The van der Waals surface area contributed by atoms with E-state index in [1.165, 1.54) is 12.1 Å². The number of methoxy groups -OCH3 is 1. The van der Waals surface area contributed by atoms with Crippen molar-refractivity contribution >= 4 is 23.2 Å². The second-order valence-electron chi connectivity index (χ2n) is 19.3. The molecule has 1 saturated heterocycles. The first-order valence-electron chi connectivity index (χ1n) is 25.7. The molecule has 16 nitrogen and oxygen atoms in total. The maximum Gasteiger partial charge on any atom is 0.241 e. The number of amides is 2. The van der Waals surface area contributed by atoms with E-state index in [2.05, 4.69) is 58.7 Å². The van der Waals surface area contributed by atoms with Crippen molar-refractivity contribution in [2.45, 2.75) is 57.2 Å². The number of rotatable bonds is 31. The highest BCUT2D eigenvalue weighted by Crippen LogP contribution is 2.40. The molecule has 5 aromatic rings. The minimum absolute atomic E-state index is 0.0787. The number of aromatic nitrogens is 2. The van der Waals surface area contributed by atoms with Crippen molar-refractivity contribution in [1.29, 1.82) is 0 Å². The summed E-state index contributed by atoms with van der Waals surface area (Å²) < 4.78 is 54.1. The lowest BCUT2D eigenvalue weighted by atomic mass is 9.91. The maximum atomic E-state index is 14.0. The summed E-state index contributed by atoms with van der Waals surface area (Å²) in [6.45, 7) is 14.5. The highest BCUT2D eigenvalue weighted by Gasteiger charge is 2.40. The topological polar surface area (TPSA) is 167 Å². The maximum absolute atomic E-state index is 14.0. The minimum Gasteiger partial charge on any atom is -0.491 e. The van der Waals surface area contributed by atoms with E-state index in [1.54, 1.807) is 31.6 Å². The van der Waals surface area contributed by atoms with Crippen molar-refractivity contribution in [3.05, 3.63) is 138 Å². The van der Waals surface area contributed by atoms with Crippen LogP contribution < -0.4 is 25.6 Å². The van der Waals surface area contributed by atoms with E-state index in [9.17, 15) is 14.0 Å². The van der Waals surface area contributed by atoms with Crippen molar-refractivity contribution in [1.82, 2.24) is 25.5 Å². The number of carbonyl (C=O) groups excluding carboxylic acids is 2. The van der Waals surface area contributed by atoms with Crippen LogP contribution in [0, 0.1) is 5.82 Å². The molecule has 0 bridgehead atoms. The molecule has 17 heteroatoms. The van der Waals surface area contributed by atoms with E-state index < -0.39 is 6.04 Å². The Morgan fingerprint density at radius 3 is 2.15 bits per heavy atom. The second-order valence-corrected chi connectivity index (χ2v) is 19.3. The Balaban J connectivity index is 0.712. The molecule has 0 spiro atoms. The van der Waals surface area contributed by atoms with Crippen molar-refractivity contribution in [2.75, 3.05) is 129 Å². The molecule has 398 valence electrons. The molecule has 0 unspecified atom stereocenters. The van der Waals surface area contributed by atoms with Crippen molar-refractivity contribution in [2.24, 2.45) is 0 Å². The van der Waals surface area contributed by atoms with Crippen LogP contribution in [0.15, 0.2) is 110 Å². The van der Waals surface area contributed by atoms with Gasteiger partial charge in [0.05, 0.1) is 96.6 Å². The molecule has 2 aliphatic rings. The minimum atomic E-state index is -0.609. The lowest BCUT2D eigenvalue weighted by molar-refractivity contribution is -0.121. The third kappa shape index (κ3) is 17.4. The number of ether oxygens (including phenoxy) is 7. The Hall–Kier alpha value is -5.73. The summed E-state index contributed by atoms with van der Waals surface area (Å²) in [5.74, 6) is 0.289. The Labute approximate surface area is 435 Å². The zero-order valence-electron chi connectivity index (χ0n) is 43.4. The Morgan fingerprint density at radius 2 is 1.46 bits per heavy atom. The molecular weight excluding hydrogens is 946 g/mol. The summed E-state index contributed by atoms with van der Waals surface area (Å²) in [5.41, 5.74) is 7.03. The number of fused-ring (bicyclic) bond motifs is 1. The van der Waals surface area contributed by atoms with Crippen molar-refractivity contribution < 1.29 is 47.1 Å². The molecule has 2 aromatic heterocycles. The number of para-hydroxylation sites is 1. The molecule has 4 heterocycles. The van der Waals surface area contributed by atoms with Crippen molar-refractivity contribution in [3.63, 3.8) is 0 Å². The number of carbonyl (C=O) groups is 2. The van der Waals surface area contributed by atoms with Gasteiger partial charge < -0.3 is 54.0 Å². The lowest BCUT2D eigenvalue weighted by Gasteiger charge is -2.39. The average Bonchev–Trinajstić information content (AvgIpc) is 3.67. The number of pyridine rings is 2. The fraction of sp³-hybridized carbons (Fsp3) is 0.474. The quantitative estimate of drug-likeness (QED) is 0.0436. The third-order valence-corrected chi connectivity index (χ3v) is 12.9. The van der Waals surface area contributed by atoms with Crippen LogP contribution in [0.1, 0.15) is 43.2 Å². The van der Waals surface area contributed by atoms with Gasteiger partial charge in [-0.25, -0.2) is 4.39 Å². The SMILES string of the molecule is COC[C@H]1CN[C@H](C)CN1CC(=O)N1CC(C)(C)c2ncc(Cc3ccccc3OCCOCCOCCOCCOCCOCCN[C@H](Cc3cccc(F)c3)C(=O)Nc3ccc(-c4ccncc4)cc3)cc21. The molecule has 0 saturated carbocycles. The fourth-order valence-electron chi connectivity index (χ4n) is 9.12. The molecule has 1 fully saturated rings. The van der Waals surface area contributed by atoms with E-state index in [1.807, 2.05) is 65.7 Å². The third-order valence-electron chi connectivity index (χ3n) is 12.9. The fourth-order valence-corrected chi connectivity index (χ4v) is 9.12. The Bertz CT molecular complexity index is 2490. The van der Waals surface area contributed by atoms with E-state index in [0.29, 0.717) is 129 Å². The molecule has 74 heavy (non-hydrogen) atoms. The predicted molar refractivity (Wildman–Crippen MR) is 283 cm³/mol. The molecule has 7 rings (SSSR count). The molecule has 0 aliphatic carbocycles. The largest absolute Gasteiger partial charge is 0.491 e. The van der Waals surface area contributed by atoms with Crippen LogP contribution >= 0.6 is 0 Å². The summed E-state index contributed by atoms with van der Waals surface area (Å²) in [5, 5.41) is 9.76. The van der Waals surface area contributed by atoms with Gasteiger partial charge in [-0.3, -0.25) is 24.5 Å². The van der Waals surface area contributed by atoms with Crippen LogP contribution in [0.2, 0.25) is 0 Å². The van der Waals surface area contributed by atoms with Gasteiger partial charge in [0.1, 0.15) is 18.2 Å². The summed E-state index contributed by atoms with van der Waals surface area (Å²) in [4.78, 5) is 40.4. The number of benzene rings is 3. The van der Waals surface area contributed by atoms with Crippen LogP contribution in [0.25, 0.3) is 11.1 Å². The van der Waals surface area contributed by atoms with Gasteiger partial charge in [-0.1, -0.05) is 56.3 Å². The molecule has 2 aliphatic heterocycles. The van der Waals surface area contributed by atoms with Crippen molar-refractivity contribution in [3.8, 4) is 16.9 Å². The van der Waals surface area contributed by atoms with E-state index >= 15 is 0 Å². The highest BCUT2D eigenvalue weighted by molar-refractivity contribution is 5.97. The molecule has 3 atom stereocenters. The first-order valence-corrected chi connectivity index (χ1v) is 25.7. The van der Waals surface area contributed by atoms with E-state index in [0.717, 1.165) is 52.5 Å².